The summed E-state index contributed by atoms with van der Waals surface area (Å²) in [6.45, 7) is 12.4. The summed E-state index contributed by atoms with van der Waals surface area (Å²) in [4.78, 5) is 30.3. The third-order valence-corrected chi connectivity index (χ3v) is 3.64. The summed E-state index contributed by atoms with van der Waals surface area (Å²) in [5.74, 6) is 0.486. The van der Waals surface area contributed by atoms with Gasteiger partial charge in [0.25, 0.3) is 0 Å². The minimum atomic E-state index is -0.261. The first-order valence-electron chi connectivity index (χ1n) is 8.77. The van der Waals surface area contributed by atoms with Gasteiger partial charge in [0.05, 0.1) is 12.5 Å². The van der Waals surface area contributed by atoms with Gasteiger partial charge in [-0.3, -0.25) is 9.59 Å². The van der Waals surface area contributed by atoms with Gasteiger partial charge in [0.2, 0.25) is 5.91 Å². The minimum absolute atomic E-state index is 0.0340. The van der Waals surface area contributed by atoms with Crippen molar-refractivity contribution in [3.63, 3.8) is 0 Å². The zero-order chi connectivity index (χ0) is 18.2. The molecule has 0 atom stereocenters. The summed E-state index contributed by atoms with van der Waals surface area (Å²) in [5.41, 5.74) is -0.261. The lowest BCUT2D eigenvalue weighted by Gasteiger charge is -2.33. The van der Waals surface area contributed by atoms with E-state index < -0.39 is 0 Å². The average molecular weight is 340 g/mol. The molecule has 24 heavy (non-hydrogen) atoms. The number of guanidine groups is 1. The summed E-state index contributed by atoms with van der Waals surface area (Å²) >= 11 is 0. The monoisotopic (exact) mass is 340 g/mol. The number of ether oxygens (including phenoxy) is 1. The highest BCUT2D eigenvalue weighted by molar-refractivity contribution is 5.85. The average Bonchev–Trinajstić information content (AvgIpc) is 2.50. The van der Waals surface area contributed by atoms with Crippen LogP contribution in [0, 0.1) is 5.92 Å². The Balaban J connectivity index is 2.58. The molecule has 0 saturated carbocycles. The lowest BCUT2D eigenvalue weighted by molar-refractivity contribution is -0.149. The molecule has 0 aromatic rings. The first-order valence-corrected chi connectivity index (χ1v) is 8.77. The zero-order valence-electron chi connectivity index (χ0n) is 15.6. The Hall–Kier alpha value is -1.79. The van der Waals surface area contributed by atoms with Crippen LogP contribution in [0.4, 0.5) is 0 Å². The van der Waals surface area contributed by atoms with Crippen molar-refractivity contribution in [2.45, 2.75) is 53.0 Å². The van der Waals surface area contributed by atoms with Crippen molar-refractivity contribution >= 4 is 17.8 Å². The van der Waals surface area contributed by atoms with Crippen LogP contribution in [0.2, 0.25) is 0 Å². The van der Waals surface area contributed by atoms with Gasteiger partial charge >= 0.3 is 5.97 Å². The van der Waals surface area contributed by atoms with Gasteiger partial charge in [-0.05, 0) is 47.5 Å². The number of rotatable bonds is 5. The van der Waals surface area contributed by atoms with Crippen molar-refractivity contribution in [1.29, 1.82) is 0 Å². The van der Waals surface area contributed by atoms with Crippen LogP contribution in [0.5, 0.6) is 0 Å². The van der Waals surface area contributed by atoms with Crippen LogP contribution in [0.1, 0.15) is 47.5 Å². The Morgan fingerprint density at radius 1 is 1.21 bits per heavy atom. The molecule has 0 aromatic heterocycles. The second-order valence-electron chi connectivity index (χ2n) is 6.98. The maximum absolute atomic E-state index is 11.9. The van der Waals surface area contributed by atoms with Gasteiger partial charge in [-0.2, -0.15) is 0 Å². The van der Waals surface area contributed by atoms with E-state index in [-0.39, 0.29) is 29.9 Å². The van der Waals surface area contributed by atoms with E-state index in [2.05, 4.69) is 20.5 Å². The summed E-state index contributed by atoms with van der Waals surface area (Å²) in [7, 11) is 0. The number of piperidine rings is 1. The topological polar surface area (TPSA) is 83.0 Å². The van der Waals surface area contributed by atoms with E-state index in [0.29, 0.717) is 6.61 Å². The van der Waals surface area contributed by atoms with Crippen molar-refractivity contribution in [2.75, 3.05) is 32.8 Å². The molecule has 1 saturated heterocycles. The molecule has 1 rings (SSSR count). The van der Waals surface area contributed by atoms with E-state index >= 15 is 0 Å². The van der Waals surface area contributed by atoms with Crippen LogP contribution in [0.3, 0.4) is 0 Å². The quantitative estimate of drug-likeness (QED) is 0.445. The molecule has 0 radical (unpaired) electrons. The standard InChI is InChI=1S/C17H32N4O3/c1-6-18-16(19-12-14(22)20-17(3,4)5)21-10-8-13(9-11-21)15(23)24-7-2/h13H,6-12H2,1-5H3,(H,18,19)(H,20,22). The SMILES string of the molecule is CCNC(=NCC(=O)NC(C)(C)C)N1CCC(C(=O)OCC)CC1. The van der Waals surface area contributed by atoms with E-state index in [1.165, 1.54) is 0 Å². The van der Waals surface area contributed by atoms with Gasteiger partial charge < -0.3 is 20.3 Å². The summed E-state index contributed by atoms with van der Waals surface area (Å²) in [6, 6.07) is 0. The van der Waals surface area contributed by atoms with Crippen molar-refractivity contribution in [3.8, 4) is 0 Å². The molecule has 0 aliphatic carbocycles. The number of hydrogen-bond donors (Lipinski definition) is 2. The molecule has 0 unspecified atom stereocenters. The van der Waals surface area contributed by atoms with Crippen LogP contribution in [0.25, 0.3) is 0 Å². The highest BCUT2D eigenvalue weighted by atomic mass is 16.5. The van der Waals surface area contributed by atoms with E-state index in [1.807, 2.05) is 34.6 Å². The van der Waals surface area contributed by atoms with E-state index in [1.54, 1.807) is 0 Å². The Morgan fingerprint density at radius 2 is 1.83 bits per heavy atom. The molecule has 138 valence electrons. The van der Waals surface area contributed by atoms with E-state index in [4.69, 9.17) is 4.74 Å². The summed E-state index contributed by atoms with van der Waals surface area (Å²) < 4.78 is 5.09. The largest absolute Gasteiger partial charge is 0.466 e. The number of nitrogens with one attached hydrogen (secondary N) is 2. The summed E-state index contributed by atoms with van der Waals surface area (Å²) in [5, 5.41) is 6.12. The zero-order valence-corrected chi connectivity index (χ0v) is 15.6. The number of hydrogen-bond acceptors (Lipinski definition) is 4. The first kappa shape index (κ1) is 20.3. The Morgan fingerprint density at radius 3 is 2.33 bits per heavy atom. The molecular weight excluding hydrogens is 308 g/mol. The lowest BCUT2D eigenvalue weighted by Crippen LogP contribution is -2.47. The maximum Gasteiger partial charge on any atom is 0.309 e. The molecule has 1 heterocycles. The normalized spacial score (nSPS) is 16.7. The van der Waals surface area contributed by atoms with Gasteiger partial charge in [0.15, 0.2) is 5.96 Å². The molecule has 1 aliphatic heterocycles. The van der Waals surface area contributed by atoms with Crippen molar-refractivity contribution in [1.82, 2.24) is 15.5 Å². The molecule has 0 aromatic carbocycles. The number of aliphatic imine (C=N–C) groups is 1. The lowest BCUT2D eigenvalue weighted by atomic mass is 9.97. The van der Waals surface area contributed by atoms with Crippen LogP contribution in [-0.2, 0) is 14.3 Å². The van der Waals surface area contributed by atoms with Gasteiger partial charge in [0, 0.05) is 25.2 Å². The molecule has 2 N–H and O–H groups in total. The van der Waals surface area contributed by atoms with Crippen LogP contribution >= 0.6 is 0 Å². The van der Waals surface area contributed by atoms with Crippen molar-refractivity contribution in [2.24, 2.45) is 10.9 Å². The summed E-state index contributed by atoms with van der Waals surface area (Å²) in [6.07, 6.45) is 1.49. The Kier molecular flexibility index (Phi) is 8.01. The second-order valence-corrected chi connectivity index (χ2v) is 6.98. The molecular formula is C17H32N4O3. The highest BCUT2D eigenvalue weighted by Crippen LogP contribution is 2.18. The molecule has 7 nitrogen and oxygen atoms in total. The van der Waals surface area contributed by atoms with E-state index in [0.717, 1.165) is 38.4 Å². The molecule has 7 heteroatoms. The third kappa shape index (κ3) is 7.19. The van der Waals surface area contributed by atoms with Gasteiger partial charge in [-0.25, -0.2) is 4.99 Å². The van der Waals surface area contributed by atoms with E-state index in [9.17, 15) is 9.59 Å². The fourth-order valence-electron chi connectivity index (χ4n) is 2.62. The second kappa shape index (κ2) is 9.49. The number of likely N-dealkylation sites (tertiary alicyclic amines) is 1. The smallest absolute Gasteiger partial charge is 0.309 e. The van der Waals surface area contributed by atoms with Crippen molar-refractivity contribution in [3.05, 3.63) is 0 Å². The molecule has 1 aliphatic rings. The fraction of sp³-hybridized carbons (Fsp3) is 0.824. The van der Waals surface area contributed by atoms with Crippen LogP contribution < -0.4 is 10.6 Å². The third-order valence-electron chi connectivity index (χ3n) is 3.64. The minimum Gasteiger partial charge on any atom is -0.466 e. The number of amides is 1. The van der Waals surface area contributed by atoms with Crippen molar-refractivity contribution < 1.29 is 14.3 Å². The molecule has 0 bridgehead atoms. The highest BCUT2D eigenvalue weighted by Gasteiger charge is 2.27. The first-order chi connectivity index (χ1) is 11.3. The number of nitrogens with zero attached hydrogens (tertiary/aromatic N) is 2. The van der Waals surface area contributed by atoms with Crippen LogP contribution in [0.15, 0.2) is 4.99 Å². The predicted octanol–water partition coefficient (Wildman–Crippen LogP) is 1.14. The van der Waals surface area contributed by atoms with Gasteiger partial charge in [-0.1, -0.05) is 0 Å². The van der Waals surface area contributed by atoms with Gasteiger partial charge in [-0.15, -0.1) is 0 Å². The molecule has 0 spiro atoms. The molecule has 1 amide bonds. The number of esters is 1. The number of carbonyl (C=O) groups excluding carboxylic acids is 2. The predicted molar refractivity (Wildman–Crippen MR) is 94.8 cm³/mol. The number of carbonyl (C=O) groups is 2. The fourth-order valence-corrected chi connectivity index (χ4v) is 2.62. The maximum atomic E-state index is 11.9. The van der Waals surface area contributed by atoms with Gasteiger partial charge in [0.1, 0.15) is 6.54 Å². The molecule has 1 fully saturated rings. The van der Waals surface area contributed by atoms with Crippen LogP contribution in [-0.4, -0.2) is 61.1 Å². The Labute approximate surface area is 145 Å². The Bertz CT molecular complexity index is 449.